The lowest BCUT2D eigenvalue weighted by molar-refractivity contribution is -0.115. The summed E-state index contributed by atoms with van der Waals surface area (Å²) >= 11 is 2.57. The number of hydrogen-bond donors (Lipinski definition) is 2. The van der Waals surface area contributed by atoms with Crippen molar-refractivity contribution in [3.8, 4) is 5.69 Å². The van der Waals surface area contributed by atoms with Crippen molar-refractivity contribution < 1.29 is 27.9 Å². The number of anilines is 1. The Morgan fingerprint density at radius 3 is 2.68 bits per heavy atom. The Morgan fingerprint density at radius 2 is 1.95 bits per heavy atom. The lowest BCUT2D eigenvalue weighted by atomic mass is 9.95. The largest absolute Gasteiger partial charge is 0.462 e. The van der Waals surface area contributed by atoms with Crippen LogP contribution in [0.4, 0.5) is 9.39 Å². The number of esters is 1. The molecule has 0 aliphatic heterocycles. The monoisotopic (exact) mass is 597 g/mol. The van der Waals surface area contributed by atoms with E-state index in [1.807, 2.05) is 0 Å². The molecule has 4 aromatic rings. The van der Waals surface area contributed by atoms with Crippen molar-refractivity contribution in [2.75, 3.05) is 11.9 Å². The molecule has 1 atom stereocenters. The van der Waals surface area contributed by atoms with Gasteiger partial charge < -0.3 is 19.8 Å². The number of aromatic nitrogens is 3. The van der Waals surface area contributed by atoms with Crippen LogP contribution in [-0.4, -0.2) is 44.4 Å². The second kappa shape index (κ2) is 12.7. The maximum absolute atomic E-state index is 13.7. The van der Waals surface area contributed by atoms with Crippen LogP contribution < -0.4 is 10.6 Å². The molecule has 3 heterocycles. The number of rotatable bonds is 10. The van der Waals surface area contributed by atoms with E-state index in [0.717, 1.165) is 47.9 Å². The molecule has 0 fully saturated rings. The van der Waals surface area contributed by atoms with Gasteiger partial charge in [-0.1, -0.05) is 11.8 Å². The summed E-state index contributed by atoms with van der Waals surface area (Å²) in [5.41, 5.74) is 1.97. The summed E-state index contributed by atoms with van der Waals surface area (Å²) in [6.45, 7) is 3.72. The van der Waals surface area contributed by atoms with Crippen molar-refractivity contribution in [3.63, 3.8) is 0 Å². The maximum Gasteiger partial charge on any atom is 0.341 e. The van der Waals surface area contributed by atoms with E-state index < -0.39 is 22.9 Å². The third-order valence-electron chi connectivity index (χ3n) is 6.48. The van der Waals surface area contributed by atoms with Gasteiger partial charge in [0.05, 0.1) is 30.2 Å². The number of nitrogens with zero attached hydrogens (tertiary/aromatic N) is 3. The molecule has 10 nitrogen and oxygen atoms in total. The van der Waals surface area contributed by atoms with Crippen LogP contribution in [0.1, 0.15) is 63.9 Å². The van der Waals surface area contributed by atoms with Gasteiger partial charge in [-0.25, -0.2) is 9.18 Å². The highest BCUT2D eigenvalue weighted by Crippen LogP contribution is 2.39. The number of benzene rings is 1. The van der Waals surface area contributed by atoms with E-state index in [2.05, 4.69) is 20.8 Å². The highest BCUT2D eigenvalue weighted by atomic mass is 32.2. The highest BCUT2D eigenvalue weighted by Gasteiger charge is 2.29. The van der Waals surface area contributed by atoms with Gasteiger partial charge in [-0.2, -0.15) is 0 Å². The fraction of sp³-hybridized carbons (Fsp3) is 0.321. The van der Waals surface area contributed by atoms with Gasteiger partial charge >= 0.3 is 5.97 Å². The molecule has 2 amide bonds. The number of furan rings is 1. The van der Waals surface area contributed by atoms with Crippen LogP contribution in [-0.2, 0) is 28.9 Å². The van der Waals surface area contributed by atoms with Crippen molar-refractivity contribution in [2.45, 2.75) is 56.5 Å². The average molecular weight is 598 g/mol. The van der Waals surface area contributed by atoms with E-state index in [1.165, 1.54) is 29.7 Å². The SMILES string of the molecule is CCOC(=O)c1c(NC(=O)[C@H](C)Sc2nnc(CNC(=O)c3ccco3)n2-c2ccc(F)cc2)sc2c1CCCC2. The summed E-state index contributed by atoms with van der Waals surface area (Å²) in [7, 11) is 0. The Bertz CT molecular complexity index is 1550. The molecule has 0 radical (unpaired) electrons. The molecule has 5 rings (SSSR count). The lowest BCUT2D eigenvalue weighted by Gasteiger charge is -2.15. The molecular weight excluding hydrogens is 569 g/mol. The van der Waals surface area contributed by atoms with Gasteiger partial charge in [0.25, 0.3) is 5.91 Å². The zero-order chi connectivity index (χ0) is 28.9. The summed E-state index contributed by atoms with van der Waals surface area (Å²) in [5.74, 6) is -1.06. The van der Waals surface area contributed by atoms with Crippen LogP contribution in [0.5, 0.6) is 0 Å². The second-order valence-electron chi connectivity index (χ2n) is 9.26. The van der Waals surface area contributed by atoms with Gasteiger partial charge in [0.15, 0.2) is 16.7 Å². The molecule has 1 aliphatic rings. The molecular formula is C28H28FN5O5S2. The average Bonchev–Trinajstić information content (AvgIpc) is 3.71. The summed E-state index contributed by atoms with van der Waals surface area (Å²) in [5, 5.41) is 14.4. The molecule has 214 valence electrons. The minimum atomic E-state index is -0.641. The Morgan fingerprint density at radius 1 is 1.17 bits per heavy atom. The predicted octanol–water partition coefficient (Wildman–Crippen LogP) is 5.17. The number of amides is 2. The minimum Gasteiger partial charge on any atom is -0.462 e. The molecule has 0 saturated heterocycles. The topological polar surface area (TPSA) is 128 Å². The zero-order valence-corrected chi connectivity index (χ0v) is 24.1. The van der Waals surface area contributed by atoms with Crippen LogP contribution in [0.2, 0.25) is 0 Å². The predicted molar refractivity (Wildman–Crippen MR) is 152 cm³/mol. The van der Waals surface area contributed by atoms with E-state index in [4.69, 9.17) is 9.15 Å². The van der Waals surface area contributed by atoms with Crippen LogP contribution in [0.25, 0.3) is 5.69 Å². The van der Waals surface area contributed by atoms with Crippen LogP contribution in [0, 0.1) is 5.82 Å². The van der Waals surface area contributed by atoms with Crippen molar-refractivity contribution >= 4 is 45.9 Å². The van der Waals surface area contributed by atoms with Gasteiger partial charge in [-0.15, -0.1) is 21.5 Å². The number of nitrogens with one attached hydrogen (secondary N) is 2. The van der Waals surface area contributed by atoms with Crippen LogP contribution in [0.3, 0.4) is 0 Å². The molecule has 3 aromatic heterocycles. The van der Waals surface area contributed by atoms with Crippen molar-refractivity contribution in [1.29, 1.82) is 0 Å². The van der Waals surface area contributed by atoms with E-state index in [9.17, 15) is 18.8 Å². The quantitative estimate of drug-likeness (QED) is 0.189. The van der Waals surface area contributed by atoms with Gasteiger partial charge in [-0.3, -0.25) is 14.2 Å². The number of carbonyl (C=O) groups is 3. The van der Waals surface area contributed by atoms with E-state index >= 15 is 0 Å². The van der Waals surface area contributed by atoms with E-state index in [1.54, 1.807) is 42.7 Å². The summed E-state index contributed by atoms with van der Waals surface area (Å²) in [6.07, 6.45) is 5.07. The lowest BCUT2D eigenvalue weighted by Crippen LogP contribution is -2.25. The summed E-state index contributed by atoms with van der Waals surface area (Å²) < 4.78 is 25.8. The standard InChI is InChI=1S/C28H28FN5O5S2/c1-3-38-27(37)23-19-7-4-5-9-21(19)41-26(23)31-24(35)16(2)40-28-33-32-22(15-30-25(36)20-8-6-14-39-20)34(28)18-12-10-17(29)11-13-18/h6,8,10-14,16H,3-5,7,9,15H2,1-2H3,(H,30,36)(H,31,35)/t16-/m0/s1. The molecule has 0 saturated carbocycles. The minimum absolute atomic E-state index is 0.00863. The number of halogens is 1. The normalized spacial score (nSPS) is 13.3. The molecule has 1 aliphatic carbocycles. The number of fused-ring (bicyclic) bond motifs is 1. The third-order valence-corrected chi connectivity index (χ3v) is 8.73. The third kappa shape index (κ3) is 6.35. The molecule has 41 heavy (non-hydrogen) atoms. The number of thioether (sulfide) groups is 1. The molecule has 2 N–H and O–H groups in total. The Hall–Kier alpha value is -3.97. The number of thiophene rings is 1. The molecule has 0 unspecified atom stereocenters. The van der Waals surface area contributed by atoms with E-state index in [0.29, 0.717) is 27.2 Å². The fourth-order valence-electron chi connectivity index (χ4n) is 4.49. The number of aryl methyl sites for hydroxylation is 1. The van der Waals surface area contributed by atoms with Gasteiger partial charge in [0.2, 0.25) is 5.91 Å². The number of ether oxygens (including phenoxy) is 1. The van der Waals surface area contributed by atoms with Gasteiger partial charge in [0.1, 0.15) is 10.8 Å². The fourth-order valence-corrected chi connectivity index (χ4v) is 6.66. The Balaban J connectivity index is 1.36. The smallest absolute Gasteiger partial charge is 0.341 e. The Labute approximate surface area is 243 Å². The first-order valence-corrected chi connectivity index (χ1v) is 14.9. The molecule has 13 heteroatoms. The van der Waals surface area contributed by atoms with Crippen LogP contribution in [0.15, 0.2) is 52.2 Å². The molecule has 0 spiro atoms. The molecule has 1 aromatic carbocycles. The maximum atomic E-state index is 13.7. The molecule has 0 bridgehead atoms. The Kier molecular flexibility index (Phi) is 8.84. The zero-order valence-electron chi connectivity index (χ0n) is 22.4. The van der Waals surface area contributed by atoms with Crippen molar-refractivity contribution in [2.24, 2.45) is 0 Å². The van der Waals surface area contributed by atoms with Gasteiger partial charge in [-0.05, 0) is 81.5 Å². The van der Waals surface area contributed by atoms with E-state index in [-0.39, 0.29) is 24.8 Å². The van der Waals surface area contributed by atoms with Crippen molar-refractivity contribution in [3.05, 3.63) is 76.1 Å². The summed E-state index contributed by atoms with van der Waals surface area (Å²) in [6, 6.07) is 8.89. The second-order valence-corrected chi connectivity index (χ2v) is 11.7. The summed E-state index contributed by atoms with van der Waals surface area (Å²) in [4.78, 5) is 39.7. The first-order valence-electron chi connectivity index (χ1n) is 13.2. The van der Waals surface area contributed by atoms with Gasteiger partial charge in [0, 0.05) is 10.6 Å². The first kappa shape index (κ1) is 28.6. The highest BCUT2D eigenvalue weighted by molar-refractivity contribution is 8.00. The first-order chi connectivity index (χ1) is 19.9. The van der Waals surface area contributed by atoms with Crippen molar-refractivity contribution in [1.82, 2.24) is 20.1 Å². The number of hydrogen-bond acceptors (Lipinski definition) is 9. The van der Waals surface area contributed by atoms with Crippen LogP contribution >= 0.6 is 23.1 Å². The number of carbonyl (C=O) groups excluding carboxylic acids is 3.